The van der Waals surface area contributed by atoms with E-state index in [9.17, 15) is 0 Å². The summed E-state index contributed by atoms with van der Waals surface area (Å²) in [6, 6.07) is 60.4. The molecule has 0 unspecified atom stereocenters. The van der Waals surface area contributed by atoms with E-state index in [2.05, 4.69) is 173 Å². The fourth-order valence-corrected chi connectivity index (χ4v) is 7.21. The van der Waals surface area contributed by atoms with E-state index in [-0.39, 0.29) is 0 Å². The van der Waals surface area contributed by atoms with Gasteiger partial charge in [-0.15, -0.1) is 0 Å². The number of hydrogen-bond acceptors (Lipinski definition) is 3. The summed E-state index contributed by atoms with van der Waals surface area (Å²) in [5.41, 5.74) is 10.2. The second kappa shape index (κ2) is 11.9. The van der Waals surface area contributed by atoms with Crippen LogP contribution in [-0.2, 0) is 0 Å². The van der Waals surface area contributed by atoms with Crippen molar-refractivity contribution in [3.8, 4) is 50.7 Å². The lowest BCUT2D eigenvalue weighted by Gasteiger charge is -2.13. The van der Waals surface area contributed by atoms with Crippen molar-refractivity contribution in [3.63, 3.8) is 0 Å². The summed E-state index contributed by atoms with van der Waals surface area (Å²) in [7, 11) is 0. The summed E-state index contributed by atoms with van der Waals surface area (Å²) >= 11 is 0. The van der Waals surface area contributed by atoms with Crippen molar-refractivity contribution in [3.05, 3.63) is 182 Å². The average molecular weight is 651 g/mol. The molecule has 0 atom stereocenters. The van der Waals surface area contributed by atoms with Gasteiger partial charge in [0, 0.05) is 28.6 Å². The van der Waals surface area contributed by atoms with Crippen LogP contribution in [0.3, 0.4) is 0 Å². The predicted octanol–water partition coefficient (Wildman–Crippen LogP) is 11.9. The minimum absolute atomic E-state index is 0.856. The second-order valence-electron chi connectivity index (χ2n) is 13.0. The molecule has 3 heterocycles. The molecule has 0 aliphatic rings. The van der Waals surface area contributed by atoms with Crippen molar-refractivity contribution >= 4 is 43.4 Å². The molecule has 0 amide bonds. The Kier molecular flexibility index (Phi) is 6.78. The third kappa shape index (κ3) is 5.22. The monoisotopic (exact) mass is 650 g/mol. The molecule has 238 valence electrons. The molecule has 10 rings (SSSR count). The standard InChI is InChI=1S/C47H30N4/c1-4-10-35-25-38(16-13-31(35)7-1)41-28-43(49-44(29-41)39-17-14-32-8-2-5-11-36(32)26-39)34-19-21-42(22-20-34)51-46-23-24-48-30-45(46)50-47(51)40-18-15-33-9-3-6-12-37(33)27-40/h1-30H. The number of rotatable bonds is 5. The van der Waals surface area contributed by atoms with E-state index < -0.39 is 0 Å². The second-order valence-corrected chi connectivity index (χ2v) is 13.0. The van der Waals surface area contributed by atoms with Crippen molar-refractivity contribution in [1.29, 1.82) is 0 Å². The minimum Gasteiger partial charge on any atom is -0.292 e. The first kappa shape index (κ1) is 29.0. The fourth-order valence-electron chi connectivity index (χ4n) is 7.21. The summed E-state index contributed by atoms with van der Waals surface area (Å²) in [4.78, 5) is 14.7. The van der Waals surface area contributed by atoms with E-state index in [4.69, 9.17) is 9.97 Å². The Balaban J connectivity index is 1.11. The van der Waals surface area contributed by atoms with Gasteiger partial charge in [-0.05, 0) is 92.0 Å². The molecule has 7 aromatic carbocycles. The summed E-state index contributed by atoms with van der Waals surface area (Å²) in [6.45, 7) is 0. The Morgan fingerprint density at radius 2 is 0.882 bits per heavy atom. The van der Waals surface area contributed by atoms with Crippen LogP contribution >= 0.6 is 0 Å². The van der Waals surface area contributed by atoms with Gasteiger partial charge in [-0.3, -0.25) is 9.55 Å². The molecular weight excluding hydrogens is 621 g/mol. The van der Waals surface area contributed by atoms with Gasteiger partial charge >= 0.3 is 0 Å². The van der Waals surface area contributed by atoms with Crippen molar-refractivity contribution in [1.82, 2.24) is 19.5 Å². The maximum absolute atomic E-state index is 5.28. The Labute approximate surface area is 295 Å². The number of aromatic nitrogens is 4. The van der Waals surface area contributed by atoms with Gasteiger partial charge < -0.3 is 0 Å². The molecular formula is C47H30N4. The third-order valence-electron chi connectivity index (χ3n) is 9.84. The molecule has 4 nitrogen and oxygen atoms in total. The van der Waals surface area contributed by atoms with E-state index in [1.165, 1.54) is 32.3 Å². The molecule has 0 fully saturated rings. The Hall–Kier alpha value is -6.91. The SMILES string of the molecule is c1ccc2cc(-c3cc(-c4ccc(-n5c(-c6ccc7ccccc7c6)nc6cnccc65)cc4)nc(-c4ccc5ccccc5c4)c3)ccc2c1. The number of imidazole rings is 1. The van der Waals surface area contributed by atoms with Crippen molar-refractivity contribution in [2.75, 3.05) is 0 Å². The normalized spacial score (nSPS) is 11.5. The van der Waals surface area contributed by atoms with E-state index in [0.717, 1.165) is 61.8 Å². The molecule has 0 saturated carbocycles. The molecule has 0 aliphatic heterocycles. The molecule has 0 N–H and O–H groups in total. The third-order valence-corrected chi connectivity index (χ3v) is 9.84. The summed E-state index contributed by atoms with van der Waals surface area (Å²) < 4.78 is 2.23. The van der Waals surface area contributed by atoms with Gasteiger partial charge in [-0.2, -0.15) is 0 Å². The van der Waals surface area contributed by atoms with Crippen LogP contribution in [0.25, 0.3) is 94.1 Å². The predicted molar refractivity (Wildman–Crippen MR) is 211 cm³/mol. The van der Waals surface area contributed by atoms with Gasteiger partial charge in [0.05, 0.1) is 23.1 Å². The van der Waals surface area contributed by atoms with E-state index >= 15 is 0 Å². The van der Waals surface area contributed by atoms with E-state index in [1.54, 1.807) is 0 Å². The molecule has 0 saturated heterocycles. The number of benzene rings is 7. The van der Waals surface area contributed by atoms with Gasteiger partial charge in [0.15, 0.2) is 0 Å². The maximum atomic E-state index is 5.28. The average Bonchev–Trinajstić information content (AvgIpc) is 3.60. The van der Waals surface area contributed by atoms with Crippen LogP contribution in [0.1, 0.15) is 0 Å². The van der Waals surface area contributed by atoms with Gasteiger partial charge in [0.2, 0.25) is 0 Å². The van der Waals surface area contributed by atoms with Crippen LogP contribution in [0, 0.1) is 0 Å². The van der Waals surface area contributed by atoms with Crippen molar-refractivity contribution in [2.24, 2.45) is 0 Å². The summed E-state index contributed by atoms with van der Waals surface area (Å²) in [5, 5.41) is 7.25. The lowest BCUT2D eigenvalue weighted by atomic mass is 9.97. The summed E-state index contributed by atoms with van der Waals surface area (Å²) in [6.07, 6.45) is 3.66. The quantitative estimate of drug-likeness (QED) is 0.186. The first-order valence-electron chi connectivity index (χ1n) is 17.2. The van der Waals surface area contributed by atoms with Crippen LogP contribution in [-0.4, -0.2) is 19.5 Å². The lowest BCUT2D eigenvalue weighted by Crippen LogP contribution is -1.98. The first-order valence-corrected chi connectivity index (χ1v) is 17.2. The highest BCUT2D eigenvalue weighted by Gasteiger charge is 2.16. The van der Waals surface area contributed by atoms with E-state index in [1.807, 2.05) is 18.5 Å². The molecule has 0 bridgehead atoms. The highest BCUT2D eigenvalue weighted by molar-refractivity contribution is 5.92. The Morgan fingerprint density at radius 3 is 1.53 bits per heavy atom. The smallest absolute Gasteiger partial charge is 0.145 e. The van der Waals surface area contributed by atoms with Crippen LogP contribution in [0.15, 0.2) is 182 Å². The minimum atomic E-state index is 0.856. The van der Waals surface area contributed by atoms with Crippen LogP contribution in [0.2, 0.25) is 0 Å². The molecule has 51 heavy (non-hydrogen) atoms. The van der Waals surface area contributed by atoms with Crippen molar-refractivity contribution in [2.45, 2.75) is 0 Å². The number of pyridine rings is 2. The fraction of sp³-hybridized carbons (Fsp3) is 0. The Bertz CT molecular complexity index is 2820. The van der Waals surface area contributed by atoms with Crippen LogP contribution in [0.5, 0.6) is 0 Å². The molecule has 4 heteroatoms. The van der Waals surface area contributed by atoms with Gasteiger partial charge in [-0.25, -0.2) is 9.97 Å². The van der Waals surface area contributed by atoms with Crippen molar-refractivity contribution < 1.29 is 0 Å². The highest BCUT2D eigenvalue weighted by atomic mass is 15.1. The molecule has 10 aromatic rings. The number of nitrogens with zero attached hydrogens (tertiary/aromatic N) is 4. The highest BCUT2D eigenvalue weighted by Crippen LogP contribution is 2.35. The zero-order valence-corrected chi connectivity index (χ0v) is 27.6. The van der Waals surface area contributed by atoms with Crippen LogP contribution < -0.4 is 0 Å². The molecule has 0 aliphatic carbocycles. The van der Waals surface area contributed by atoms with Gasteiger partial charge in [0.25, 0.3) is 0 Å². The first-order chi connectivity index (χ1) is 25.2. The zero-order valence-electron chi connectivity index (χ0n) is 27.6. The molecule has 3 aromatic heterocycles. The number of fused-ring (bicyclic) bond motifs is 4. The van der Waals surface area contributed by atoms with Crippen LogP contribution in [0.4, 0.5) is 0 Å². The number of hydrogen-bond donors (Lipinski definition) is 0. The lowest BCUT2D eigenvalue weighted by molar-refractivity contribution is 1.10. The van der Waals surface area contributed by atoms with E-state index in [0.29, 0.717) is 0 Å². The Morgan fingerprint density at radius 1 is 0.373 bits per heavy atom. The van der Waals surface area contributed by atoms with Gasteiger partial charge in [0.1, 0.15) is 11.3 Å². The summed E-state index contributed by atoms with van der Waals surface area (Å²) in [5.74, 6) is 0.881. The topological polar surface area (TPSA) is 43.6 Å². The molecule has 0 spiro atoms. The largest absolute Gasteiger partial charge is 0.292 e. The van der Waals surface area contributed by atoms with Gasteiger partial charge in [-0.1, -0.05) is 121 Å². The molecule has 0 radical (unpaired) electrons. The zero-order chi connectivity index (χ0) is 33.7. The maximum Gasteiger partial charge on any atom is 0.145 e.